The molecule has 0 fully saturated rings. The summed E-state index contributed by atoms with van der Waals surface area (Å²) in [5.41, 5.74) is 1.53. The minimum absolute atomic E-state index is 0.207. The second-order valence-electron chi connectivity index (χ2n) is 5.35. The summed E-state index contributed by atoms with van der Waals surface area (Å²) in [7, 11) is -1.45. The minimum Gasteiger partial charge on any atom is -0.465 e. The lowest BCUT2D eigenvalue weighted by Gasteiger charge is -2.10. The third kappa shape index (κ3) is 2.79. The molecule has 5 heteroatoms. The second-order valence-corrected chi connectivity index (χ2v) is 10.3. The molecule has 4 nitrogen and oxygen atoms in total. The van der Waals surface area contributed by atoms with Crippen LogP contribution in [-0.2, 0) is 16.1 Å². The summed E-state index contributed by atoms with van der Waals surface area (Å²) in [6.45, 7) is 8.30. The fourth-order valence-corrected chi connectivity index (χ4v) is 2.62. The van der Waals surface area contributed by atoms with Crippen molar-refractivity contribution in [2.24, 2.45) is 0 Å². The van der Waals surface area contributed by atoms with Crippen molar-refractivity contribution in [1.82, 2.24) is 4.98 Å². The molecule has 0 spiro atoms. The van der Waals surface area contributed by atoms with Crippen LogP contribution in [0.4, 0.5) is 0 Å². The van der Waals surface area contributed by atoms with E-state index in [1.807, 2.05) is 6.07 Å². The van der Waals surface area contributed by atoms with Crippen LogP contribution >= 0.6 is 0 Å². The number of fused-ring (bicyclic) bond motifs is 1. The lowest BCUT2D eigenvalue weighted by molar-refractivity contribution is -0.142. The zero-order chi connectivity index (χ0) is 13.3. The number of aromatic nitrogens is 1. The Morgan fingerprint density at radius 3 is 2.72 bits per heavy atom. The van der Waals surface area contributed by atoms with Gasteiger partial charge >= 0.3 is 5.97 Å². The van der Waals surface area contributed by atoms with Gasteiger partial charge in [0, 0.05) is 12.3 Å². The summed E-state index contributed by atoms with van der Waals surface area (Å²) in [6.07, 6.45) is 1.69. The summed E-state index contributed by atoms with van der Waals surface area (Å²) < 4.78 is 10.7. The Morgan fingerprint density at radius 2 is 2.11 bits per heavy atom. The van der Waals surface area contributed by atoms with Crippen LogP contribution in [0.3, 0.4) is 0 Å². The first-order chi connectivity index (χ1) is 8.36. The van der Waals surface area contributed by atoms with Crippen LogP contribution in [0.25, 0.3) is 11.0 Å². The highest BCUT2D eigenvalue weighted by molar-refractivity contribution is 6.87. The molecule has 2 aromatic heterocycles. The Labute approximate surface area is 107 Å². The quantitative estimate of drug-likeness (QED) is 0.630. The lowest BCUT2D eigenvalue weighted by Crippen LogP contribution is -2.36. The standard InChI is InChI=1S/C13H17NO3Si/c1-9(15)16-8-11-5-10-6-13(18(2,3)4)17-12(10)7-14-11/h5-7H,8H2,1-4H3. The molecule has 0 atom stereocenters. The van der Waals surface area contributed by atoms with Crippen LogP contribution < -0.4 is 5.38 Å². The normalized spacial score (nSPS) is 11.8. The number of carbonyl (C=O) groups is 1. The van der Waals surface area contributed by atoms with Gasteiger partial charge in [0.2, 0.25) is 0 Å². The van der Waals surface area contributed by atoms with Crippen molar-refractivity contribution >= 4 is 30.4 Å². The Kier molecular flexibility index (Phi) is 3.25. The van der Waals surface area contributed by atoms with Crippen LogP contribution in [0.1, 0.15) is 12.6 Å². The van der Waals surface area contributed by atoms with Crippen molar-refractivity contribution in [1.29, 1.82) is 0 Å². The molecule has 0 aliphatic rings. The fraction of sp³-hybridized carbons (Fsp3) is 0.385. The maximum atomic E-state index is 10.8. The molecule has 0 radical (unpaired) electrons. The maximum Gasteiger partial charge on any atom is 0.303 e. The third-order valence-corrected chi connectivity index (χ3v) is 4.35. The van der Waals surface area contributed by atoms with Gasteiger partial charge in [-0.1, -0.05) is 19.6 Å². The van der Waals surface area contributed by atoms with E-state index in [4.69, 9.17) is 9.15 Å². The van der Waals surface area contributed by atoms with E-state index in [2.05, 4.69) is 30.7 Å². The van der Waals surface area contributed by atoms with Crippen molar-refractivity contribution in [3.05, 3.63) is 24.0 Å². The Balaban J connectivity index is 2.31. The van der Waals surface area contributed by atoms with Gasteiger partial charge in [-0.15, -0.1) is 0 Å². The van der Waals surface area contributed by atoms with Crippen LogP contribution in [0.5, 0.6) is 0 Å². The molecule has 0 aliphatic carbocycles. The topological polar surface area (TPSA) is 52.3 Å². The van der Waals surface area contributed by atoms with Crippen molar-refractivity contribution in [2.75, 3.05) is 0 Å². The molecule has 0 aromatic carbocycles. The predicted molar refractivity (Wildman–Crippen MR) is 72.5 cm³/mol. The smallest absolute Gasteiger partial charge is 0.303 e. The number of hydrogen-bond donors (Lipinski definition) is 0. The zero-order valence-electron chi connectivity index (χ0n) is 11.1. The van der Waals surface area contributed by atoms with Gasteiger partial charge in [0.25, 0.3) is 0 Å². The maximum absolute atomic E-state index is 10.8. The van der Waals surface area contributed by atoms with Crippen molar-refractivity contribution in [3.63, 3.8) is 0 Å². The van der Waals surface area contributed by atoms with E-state index in [1.54, 1.807) is 6.20 Å². The first-order valence-electron chi connectivity index (χ1n) is 5.88. The summed E-state index contributed by atoms with van der Waals surface area (Å²) >= 11 is 0. The van der Waals surface area contributed by atoms with Gasteiger partial charge < -0.3 is 9.15 Å². The number of carbonyl (C=O) groups excluding carboxylic acids is 1. The number of ether oxygens (including phenoxy) is 1. The number of hydrogen-bond acceptors (Lipinski definition) is 4. The molecule has 0 saturated carbocycles. The third-order valence-electron chi connectivity index (χ3n) is 2.62. The van der Waals surface area contributed by atoms with Gasteiger partial charge in [0.1, 0.15) is 14.7 Å². The number of esters is 1. The van der Waals surface area contributed by atoms with Crippen molar-refractivity contribution in [3.8, 4) is 0 Å². The predicted octanol–water partition coefficient (Wildman–Crippen LogP) is 2.44. The monoisotopic (exact) mass is 263 g/mol. The Hall–Kier alpha value is -1.62. The molecule has 0 unspecified atom stereocenters. The lowest BCUT2D eigenvalue weighted by atomic mass is 10.3. The van der Waals surface area contributed by atoms with E-state index in [9.17, 15) is 4.79 Å². The molecule has 2 heterocycles. The Morgan fingerprint density at radius 1 is 1.39 bits per heavy atom. The van der Waals surface area contributed by atoms with Gasteiger partial charge in [0.05, 0.1) is 17.3 Å². The molecule has 0 amide bonds. The Bertz CT molecular complexity index is 583. The highest BCUT2D eigenvalue weighted by atomic mass is 28.3. The summed E-state index contributed by atoms with van der Waals surface area (Å²) in [4.78, 5) is 15.0. The number of furan rings is 1. The second kappa shape index (κ2) is 4.57. The number of rotatable bonds is 3. The van der Waals surface area contributed by atoms with Gasteiger partial charge in [-0.3, -0.25) is 9.78 Å². The minimum atomic E-state index is -1.45. The van der Waals surface area contributed by atoms with Crippen LogP contribution in [0.2, 0.25) is 19.6 Å². The molecule has 0 bridgehead atoms. The highest BCUT2D eigenvalue weighted by Gasteiger charge is 2.21. The largest absolute Gasteiger partial charge is 0.465 e. The summed E-state index contributed by atoms with van der Waals surface area (Å²) in [5.74, 6) is -0.299. The van der Waals surface area contributed by atoms with E-state index >= 15 is 0 Å². The van der Waals surface area contributed by atoms with Gasteiger partial charge in [-0.25, -0.2) is 0 Å². The van der Waals surface area contributed by atoms with E-state index in [0.717, 1.165) is 22.0 Å². The van der Waals surface area contributed by atoms with E-state index < -0.39 is 8.07 Å². The average molecular weight is 263 g/mol. The highest BCUT2D eigenvalue weighted by Crippen LogP contribution is 2.17. The van der Waals surface area contributed by atoms with Gasteiger partial charge in [0.15, 0.2) is 5.58 Å². The molecule has 2 rings (SSSR count). The SMILES string of the molecule is CC(=O)OCc1cc2cc([Si](C)(C)C)oc2cn1. The molecular formula is C13H17NO3Si. The zero-order valence-corrected chi connectivity index (χ0v) is 12.1. The van der Waals surface area contributed by atoms with Crippen molar-refractivity contribution < 1.29 is 13.9 Å². The molecule has 96 valence electrons. The summed E-state index contributed by atoms with van der Waals surface area (Å²) in [6, 6.07) is 3.98. The van der Waals surface area contributed by atoms with Gasteiger partial charge in [-0.05, 0) is 12.1 Å². The summed E-state index contributed by atoms with van der Waals surface area (Å²) in [5, 5.41) is 2.08. The molecular weight excluding hydrogens is 246 g/mol. The molecule has 0 saturated heterocycles. The number of pyridine rings is 1. The van der Waals surface area contributed by atoms with E-state index in [1.165, 1.54) is 6.92 Å². The van der Waals surface area contributed by atoms with Crippen LogP contribution in [-0.4, -0.2) is 19.0 Å². The first-order valence-corrected chi connectivity index (χ1v) is 9.38. The number of nitrogens with zero attached hydrogens (tertiary/aromatic N) is 1. The molecule has 18 heavy (non-hydrogen) atoms. The first kappa shape index (κ1) is 12.8. The van der Waals surface area contributed by atoms with E-state index in [-0.39, 0.29) is 12.6 Å². The van der Waals surface area contributed by atoms with Crippen LogP contribution in [0, 0.1) is 0 Å². The van der Waals surface area contributed by atoms with E-state index in [0.29, 0.717) is 0 Å². The molecule has 0 aliphatic heterocycles. The average Bonchev–Trinajstić information content (AvgIpc) is 2.68. The molecule has 2 aromatic rings. The molecule has 0 N–H and O–H groups in total. The van der Waals surface area contributed by atoms with Crippen molar-refractivity contribution in [2.45, 2.75) is 33.2 Å². The van der Waals surface area contributed by atoms with Gasteiger partial charge in [-0.2, -0.15) is 0 Å². The fourth-order valence-electron chi connectivity index (χ4n) is 1.62. The van der Waals surface area contributed by atoms with Crippen LogP contribution in [0.15, 0.2) is 22.7 Å².